The van der Waals surface area contributed by atoms with Gasteiger partial charge in [-0.1, -0.05) is 12.1 Å². The van der Waals surface area contributed by atoms with Crippen molar-refractivity contribution in [2.75, 3.05) is 38.1 Å². The lowest BCUT2D eigenvalue weighted by Gasteiger charge is -2.19. The number of benzene rings is 2. The Hall–Kier alpha value is -3.89. The third-order valence-corrected chi connectivity index (χ3v) is 6.07. The van der Waals surface area contributed by atoms with Gasteiger partial charge >= 0.3 is 6.03 Å². The Morgan fingerprint density at radius 2 is 1.69 bits per heavy atom. The molecule has 0 radical (unpaired) electrons. The number of aromatic nitrogens is 2. The molecule has 3 heterocycles. The van der Waals surface area contributed by atoms with Crippen molar-refractivity contribution in [2.45, 2.75) is 24.3 Å². The molecule has 0 unspecified atom stereocenters. The fourth-order valence-electron chi connectivity index (χ4n) is 4.36. The maximum atomic E-state index is 12.5. The Morgan fingerprint density at radius 3 is 2.46 bits per heavy atom. The minimum Gasteiger partial charge on any atom is -0.497 e. The van der Waals surface area contributed by atoms with E-state index in [4.69, 9.17) is 18.9 Å². The van der Waals surface area contributed by atoms with Crippen molar-refractivity contribution in [2.24, 2.45) is 0 Å². The standard InChI is InChI=1S/C25H27N5O5/c1-32-16-9-7-15(8-10-16)27-25(31)30-20-14-35-22-19(13-34-23(20)22)29-24-26-12-11-18(28-24)17-5-3-4-6-21(17)33-2/h3-12,19-20,22-23H,13-14H2,1-2H3,(H,26,28,29)(H2,27,30,31)/t19-,20-,22+,23+/m0/s1. The summed E-state index contributed by atoms with van der Waals surface area (Å²) in [6, 6.07) is 15.9. The summed E-state index contributed by atoms with van der Waals surface area (Å²) >= 11 is 0. The van der Waals surface area contributed by atoms with E-state index in [2.05, 4.69) is 25.9 Å². The fraction of sp³-hybridized carbons (Fsp3) is 0.320. The number of nitrogens with zero attached hydrogens (tertiary/aromatic N) is 2. The van der Waals surface area contributed by atoms with E-state index in [-0.39, 0.29) is 30.3 Å². The lowest BCUT2D eigenvalue weighted by Crippen LogP contribution is -2.46. The number of amides is 2. The van der Waals surface area contributed by atoms with Gasteiger partial charge in [-0.15, -0.1) is 0 Å². The summed E-state index contributed by atoms with van der Waals surface area (Å²) < 4.78 is 22.6. The average Bonchev–Trinajstić information content (AvgIpc) is 3.48. The van der Waals surface area contributed by atoms with Crippen LogP contribution in [0.2, 0.25) is 0 Å². The maximum absolute atomic E-state index is 12.5. The molecular formula is C25H27N5O5. The fourth-order valence-corrected chi connectivity index (χ4v) is 4.36. The van der Waals surface area contributed by atoms with E-state index in [9.17, 15) is 4.79 Å². The predicted molar refractivity (Wildman–Crippen MR) is 130 cm³/mol. The first-order valence-corrected chi connectivity index (χ1v) is 11.3. The van der Waals surface area contributed by atoms with Crippen molar-refractivity contribution in [1.29, 1.82) is 0 Å². The number of methoxy groups -OCH3 is 2. The van der Waals surface area contributed by atoms with Gasteiger partial charge in [-0.05, 0) is 42.5 Å². The SMILES string of the molecule is COc1ccc(NC(=O)N[C@H]2CO[C@H]3[C@@H]2OC[C@@H]3Nc2nccc(-c3ccccc3OC)n2)cc1. The number of urea groups is 1. The number of nitrogens with one attached hydrogen (secondary N) is 3. The van der Waals surface area contributed by atoms with Gasteiger partial charge in [-0.2, -0.15) is 0 Å². The highest BCUT2D eigenvalue weighted by Gasteiger charge is 2.48. The smallest absolute Gasteiger partial charge is 0.319 e. The van der Waals surface area contributed by atoms with Gasteiger partial charge in [0.2, 0.25) is 5.95 Å². The number of carbonyl (C=O) groups is 1. The van der Waals surface area contributed by atoms with E-state index in [1.807, 2.05) is 30.3 Å². The highest BCUT2D eigenvalue weighted by molar-refractivity contribution is 5.89. The van der Waals surface area contributed by atoms with Crippen molar-refractivity contribution >= 4 is 17.7 Å². The van der Waals surface area contributed by atoms with E-state index in [1.54, 1.807) is 44.7 Å². The zero-order valence-electron chi connectivity index (χ0n) is 19.4. The Bertz CT molecular complexity index is 1170. The third kappa shape index (κ3) is 4.98. The second kappa shape index (κ2) is 10.2. The lowest BCUT2D eigenvalue weighted by molar-refractivity contribution is 0.0683. The maximum Gasteiger partial charge on any atom is 0.319 e. The topological polar surface area (TPSA) is 116 Å². The molecule has 10 heteroatoms. The Labute approximate surface area is 203 Å². The van der Waals surface area contributed by atoms with Crippen molar-refractivity contribution in [3.05, 3.63) is 60.8 Å². The molecule has 3 aromatic rings. The first-order valence-electron chi connectivity index (χ1n) is 11.3. The van der Waals surface area contributed by atoms with Crippen molar-refractivity contribution in [3.8, 4) is 22.8 Å². The normalized spacial score (nSPS) is 22.8. The summed E-state index contributed by atoms with van der Waals surface area (Å²) in [6.45, 7) is 0.765. The summed E-state index contributed by atoms with van der Waals surface area (Å²) in [5.74, 6) is 1.93. The summed E-state index contributed by atoms with van der Waals surface area (Å²) in [5, 5.41) is 9.10. The molecule has 4 atom stereocenters. The van der Waals surface area contributed by atoms with Gasteiger partial charge in [0.25, 0.3) is 0 Å². The Balaban J connectivity index is 1.20. The molecular weight excluding hydrogens is 450 g/mol. The molecule has 2 amide bonds. The average molecular weight is 478 g/mol. The highest BCUT2D eigenvalue weighted by atomic mass is 16.6. The number of carbonyl (C=O) groups excluding carboxylic acids is 1. The molecule has 2 aliphatic rings. The largest absolute Gasteiger partial charge is 0.497 e. The second-order valence-corrected chi connectivity index (χ2v) is 8.25. The van der Waals surface area contributed by atoms with Crippen molar-refractivity contribution in [1.82, 2.24) is 15.3 Å². The van der Waals surface area contributed by atoms with Crippen LogP contribution in [-0.4, -0.2) is 67.7 Å². The Morgan fingerprint density at radius 1 is 0.943 bits per heavy atom. The van der Waals surface area contributed by atoms with Gasteiger partial charge < -0.3 is 34.9 Å². The number of hydrogen-bond acceptors (Lipinski definition) is 8. The molecule has 1 aromatic heterocycles. The molecule has 0 bridgehead atoms. The van der Waals surface area contributed by atoms with Crippen LogP contribution in [0.5, 0.6) is 11.5 Å². The van der Waals surface area contributed by atoms with Crippen LogP contribution in [0, 0.1) is 0 Å². The van der Waals surface area contributed by atoms with Gasteiger partial charge in [0.05, 0.1) is 45.2 Å². The number of rotatable bonds is 7. The first-order chi connectivity index (χ1) is 17.1. The molecule has 2 aromatic carbocycles. The molecule has 35 heavy (non-hydrogen) atoms. The van der Waals surface area contributed by atoms with Crippen LogP contribution in [0.1, 0.15) is 0 Å². The van der Waals surface area contributed by atoms with Gasteiger partial charge in [0, 0.05) is 17.4 Å². The number of ether oxygens (including phenoxy) is 4. The second-order valence-electron chi connectivity index (χ2n) is 8.25. The molecule has 10 nitrogen and oxygen atoms in total. The Kier molecular flexibility index (Phi) is 6.64. The monoisotopic (exact) mass is 477 g/mol. The van der Waals surface area contributed by atoms with Gasteiger partial charge in [0.1, 0.15) is 23.7 Å². The van der Waals surface area contributed by atoms with Crippen LogP contribution in [0.15, 0.2) is 60.8 Å². The molecule has 2 fully saturated rings. The predicted octanol–water partition coefficient (Wildman–Crippen LogP) is 2.93. The van der Waals surface area contributed by atoms with Crippen LogP contribution in [0.25, 0.3) is 11.3 Å². The summed E-state index contributed by atoms with van der Waals surface area (Å²) in [7, 11) is 3.23. The van der Waals surface area contributed by atoms with E-state index >= 15 is 0 Å². The number of anilines is 2. The number of para-hydroxylation sites is 1. The van der Waals surface area contributed by atoms with Crippen molar-refractivity contribution in [3.63, 3.8) is 0 Å². The highest BCUT2D eigenvalue weighted by Crippen LogP contribution is 2.31. The number of hydrogen-bond donors (Lipinski definition) is 3. The summed E-state index contributed by atoms with van der Waals surface area (Å²) in [5.41, 5.74) is 2.29. The minimum absolute atomic E-state index is 0.149. The molecule has 0 saturated carbocycles. The summed E-state index contributed by atoms with van der Waals surface area (Å²) in [4.78, 5) is 21.5. The van der Waals surface area contributed by atoms with Crippen LogP contribution in [-0.2, 0) is 9.47 Å². The summed E-state index contributed by atoms with van der Waals surface area (Å²) in [6.07, 6.45) is 1.19. The quantitative estimate of drug-likeness (QED) is 0.476. The third-order valence-electron chi connectivity index (χ3n) is 6.07. The molecule has 5 rings (SSSR count). The van der Waals surface area contributed by atoms with E-state index in [1.165, 1.54) is 0 Å². The van der Waals surface area contributed by atoms with Gasteiger partial charge in [-0.25, -0.2) is 14.8 Å². The van der Waals surface area contributed by atoms with Crippen LogP contribution >= 0.6 is 0 Å². The number of fused-ring (bicyclic) bond motifs is 1. The molecule has 2 aliphatic heterocycles. The van der Waals surface area contributed by atoms with Gasteiger partial charge in [0.15, 0.2) is 0 Å². The van der Waals surface area contributed by atoms with Crippen LogP contribution < -0.4 is 25.4 Å². The lowest BCUT2D eigenvalue weighted by atomic mass is 10.1. The molecule has 182 valence electrons. The minimum atomic E-state index is -0.322. The van der Waals surface area contributed by atoms with E-state index in [0.29, 0.717) is 24.8 Å². The van der Waals surface area contributed by atoms with Crippen molar-refractivity contribution < 1.29 is 23.7 Å². The zero-order chi connectivity index (χ0) is 24.2. The zero-order valence-corrected chi connectivity index (χ0v) is 19.4. The van der Waals surface area contributed by atoms with Crippen LogP contribution in [0.4, 0.5) is 16.4 Å². The molecule has 2 saturated heterocycles. The van der Waals surface area contributed by atoms with E-state index in [0.717, 1.165) is 22.8 Å². The van der Waals surface area contributed by atoms with E-state index < -0.39 is 0 Å². The molecule has 0 aliphatic carbocycles. The van der Waals surface area contributed by atoms with Crippen LogP contribution in [0.3, 0.4) is 0 Å². The molecule has 3 N–H and O–H groups in total. The van der Waals surface area contributed by atoms with Gasteiger partial charge in [-0.3, -0.25) is 0 Å². The first kappa shape index (κ1) is 22.9. The molecule has 0 spiro atoms.